The Hall–Kier alpha value is -2.78. The van der Waals surface area contributed by atoms with Crippen molar-refractivity contribution in [3.05, 3.63) is 75.3 Å². The molecule has 2 aromatic heterocycles. The van der Waals surface area contributed by atoms with Crippen molar-refractivity contribution < 1.29 is 32.3 Å². The molecule has 0 aliphatic carbocycles. The van der Waals surface area contributed by atoms with Gasteiger partial charge >= 0.3 is 12.1 Å². The fourth-order valence-electron chi connectivity index (χ4n) is 3.38. The summed E-state index contributed by atoms with van der Waals surface area (Å²) < 4.78 is 57.5. The molecule has 5 nitrogen and oxygen atoms in total. The van der Waals surface area contributed by atoms with Crippen molar-refractivity contribution in [2.24, 2.45) is 5.16 Å². The zero-order valence-electron chi connectivity index (χ0n) is 16.7. The van der Waals surface area contributed by atoms with Gasteiger partial charge in [0.15, 0.2) is 5.82 Å². The number of pyridine rings is 1. The highest BCUT2D eigenvalue weighted by Gasteiger charge is 2.62. The lowest BCUT2D eigenvalue weighted by atomic mass is 9.87. The summed E-state index contributed by atoms with van der Waals surface area (Å²) in [5.41, 5.74) is -3.06. The van der Waals surface area contributed by atoms with E-state index in [9.17, 15) is 27.5 Å². The molecule has 3 aromatic rings. The molecule has 0 bridgehead atoms. The standard InChI is InChI=1S/C19H10Cl2F4N2O3.C2H6/c20-11-6-9(7-12(21)16(11)22)18(19(23,24)25)8-13(26-30-18)15-4-3-10(17(28)29)14-2-1-5-27(14)15;1-2/h1-7H,8H2,(H,28,29);1-2H3. The number of aromatic nitrogens is 1. The largest absolute Gasteiger partial charge is 0.478 e. The lowest BCUT2D eigenvalue weighted by Crippen LogP contribution is -2.42. The molecule has 0 radical (unpaired) electrons. The van der Waals surface area contributed by atoms with Gasteiger partial charge in [-0.25, -0.2) is 9.18 Å². The zero-order chi connectivity index (χ0) is 23.8. The number of carboxylic acid groups (broad SMARTS) is 1. The molecule has 0 amide bonds. The maximum atomic E-state index is 14.1. The van der Waals surface area contributed by atoms with Crippen molar-refractivity contribution in [3.8, 4) is 0 Å². The second kappa shape index (κ2) is 8.63. The first-order valence-electron chi connectivity index (χ1n) is 9.36. The Morgan fingerprint density at radius 2 is 1.81 bits per heavy atom. The van der Waals surface area contributed by atoms with Crippen molar-refractivity contribution in [2.75, 3.05) is 0 Å². The van der Waals surface area contributed by atoms with Crippen LogP contribution in [0.5, 0.6) is 0 Å². The molecule has 1 aliphatic rings. The number of halogens is 6. The predicted molar refractivity (Wildman–Crippen MR) is 112 cm³/mol. The van der Waals surface area contributed by atoms with Crippen molar-refractivity contribution in [2.45, 2.75) is 32.0 Å². The average molecular weight is 491 g/mol. The predicted octanol–water partition coefficient (Wildman–Crippen LogP) is 6.69. The Bertz CT molecular complexity index is 1200. The molecule has 1 unspecified atom stereocenters. The van der Waals surface area contributed by atoms with Crippen molar-refractivity contribution in [3.63, 3.8) is 0 Å². The maximum Gasteiger partial charge on any atom is 0.435 e. The van der Waals surface area contributed by atoms with Gasteiger partial charge in [0.05, 0.1) is 33.2 Å². The van der Waals surface area contributed by atoms with Gasteiger partial charge in [0, 0.05) is 11.8 Å². The summed E-state index contributed by atoms with van der Waals surface area (Å²) in [4.78, 5) is 16.3. The molecule has 170 valence electrons. The molecule has 0 spiro atoms. The molecular weight excluding hydrogens is 475 g/mol. The quantitative estimate of drug-likeness (QED) is 0.328. The molecule has 3 heterocycles. The van der Waals surface area contributed by atoms with E-state index in [1.807, 2.05) is 13.8 Å². The molecule has 0 fully saturated rings. The van der Waals surface area contributed by atoms with Crippen LogP contribution in [-0.2, 0) is 10.4 Å². The number of fused-ring (bicyclic) bond motifs is 1. The van der Waals surface area contributed by atoms with Crippen LogP contribution in [0.3, 0.4) is 0 Å². The van der Waals surface area contributed by atoms with Gasteiger partial charge in [0.25, 0.3) is 5.60 Å². The van der Waals surface area contributed by atoms with E-state index in [-0.39, 0.29) is 22.5 Å². The number of aromatic carboxylic acids is 1. The zero-order valence-corrected chi connectivity index (χ0v) is 18.2. The van der Waals surface area contributed by atoms with Gasteiger partial charge in [0.2, 0.25) is 0 Å². The van der Waals surface area contributed by atoms with Crippen LogP contribution in [-0.4, -0.2) is 27.4 Å². The number of nitrogens with zero attached hydrogens (tertiary/aromatic N) is 2. The highest BCUT2D eigenvalue weighted by molar-refractivity contribution is 6.35. The van der Waals surface area contributed by atoms with Crippen LogP contribution < -0.4 is 0 Å². The Balaban J connectivity index is 0.00000141. The fourth-order valence-corrected chi connectivity index (χ4v) is 3.87. The van der Waals surface area contributed by atoms with Crippen molar-refractivity contribution in [1.29, 1.82) is 0 Å². The summed E-state index contributed by atoms with van der Waals surface area (Å²) in [7, 11) is 0. The molecule has 1 aromatic carbocycles. The Labute approximate surface area is 189 Å². The number of rotatable bonds is 3. The maximum absolute atomic E-state index is 14.1. The van der Waals surface area contributed by atoms with Gasteiger partial charge in [-0.15, -0.1) is 0 Å². The summed E-state index contributed by atoms with van der Waals surface area (Å²) in [5.74, 6) is -2.23. The second-order valence-corrected chi connectivity index (χ2v) is 7.40. The van der Waals surface area contributed by atoms with Gasteiger partial charge < -0.3 is 14.3 Å². The van der Waals surface area contributed by atoms with Crippen molar-refractivity contribution >= 4 is 40.4 Å². The number of hydrogen-bond donors (Lipinski definition) is 1. The van der Waals surface area contributed by atoms with E-state index < -0.39 is 45.6 Å². The third-order valence-corrected chi connectivity index (χ3v) is 5.40. The molecular formula is C21H16Cl2F4N2O3. The minimum Gasteiger partial charge on any atom is -0.478 e. The normalized spacial score (nSPS) is 18.1. The van der Waals surface area contributed by atoms with E-state index in [0.717, 1.165) is 12.1 Å². The molecule has 4 rings (SSSR count). The number of carboxylic acids is 1. The third-order valence-electron chi connectivity index (χ3n) is 4.85. The number of carbonyl (C=O) groups is 1. The minimum absolute atomic E-state index is 0.0255. The van der Waals surface area contributed by atoms with E-state index in [4.69, 9.17) is 28.0 Å². The van der Waals surface area contributed by atoms with Crippen LogP contribution in [0.15, 0.2) is 47.8 Å². The first-order valence-corrected chi connectivity index (χ1v) is 10.1. The smallest absolute Gasteiger partial charge is 0.435 e. The lowest BCUT2D eigenvalue weighted by molar-refractivity contribution is -0.275. The van der Waals surface area contributed by atoms with E-state index >= 15 is 0 Å². The van der Waals surface area contributed by atoms with E-state index in [0.29, 0.717) is 0 Å². The summed E-state index contributed by atoms with van der Waals surface area (Å²) in [6.45, 7) is 4.00. The summed E-state index contributed by atoms with van der Waals surface area (Å²) in [6.07, 6.45) is -4.20. The third kappa shape index (κ3) is 3.80. The van der Waals surface area contributed by atoms with Gasteiger partial charge in [-0.05, 0) is 36.4 Å². The first-order chi connectivity index (χ1) is 15.0. The van der Waals surface area contributed by atoms with Gasteiger partial charge in [0.1, 0.15) is 5.71 Å². The minimum atomic E-state index is -4.94. The number of oxime groups is 1. The Morgan fingerprint density at radius 1 is 1.19 bits per heavy atom. The van der Waals surface area contributed by atoms with E-state index in [1.54, 1.807) is 6.07 Å². The van der Waals surface area contributed by atoms with Gasteiger partial charge in [-0.1, -0.05) is 42.2 Å². The average Bonchev–Trinajstić information content (AvgIpc) is 3.40. The van der Waals surface area contributed by atoms with Crippen LogP contribution in [0.4, 0.5) is 17.6 Å². The molecule has 11 heteroatoms. The molecule has 1 aliphatic heterocycles. The molecule has 0 saturated carbocycles. The van der Waals surface area contributed by atoms with Crippen LogP contribution in [0.25, 0.3) is 5.52 Å². The summed E-state index contributed by atoms with van der Waals surface area (Å²) in [5, 5.41) is 11.8. The first kappa shape index (κ1) is 23.9. The van der Waals surface area contributed by atoms with Gasteiger partial charge in [-0.3, -0.25) is 0 Å². The van der Waals surface area contributed by atoms with Gasteiger partial charge in [-0.2, -0.15) is 13.2 Å². The second-order valence-electron chi connectivity index (χ2n) is 6.59. The van der Waals surface area contributed by atoms with Crippen LogP contribution >= 0.6 is 23.2 Å². The van der Waals surface area contributed by atoms with E-state index in [1.165, 1.54) is 28.8 Å². The van der Waals surface area contributed by atoms with E-state index in [2.05, 4.69) is 5.16 Å². The Morgan fingerprint density at radius 3 is 2.38 bits per heavy atom. The topological polar surface area (TPSA) is 63.3 Å². The highest BCUT2D eigenvalue weighted by Crippen LogP contribution is 2.50. The SMILES string of the molecule is CC.O=C(O)c1ccc(C2=NOC(c3cc(Cl)c(F)c(Cl)c3)(C(F)(F)F)C2)n2cccc12. The number of alkyl halides is 3. The Kier molecular flexibility index (Phi) is 6.44. The highest BCUT2D eigenvalue weighted by atomic mass is 35.5. The number of hydrogen-bond acceptors (Lipinski definition) is 3. The number of benzene rings is 1. The monoisotopic (exact) mass is 490 g/mol. The summed E-state index contributed by atoms with van der Waals surface area (Å²) in [6, 6.07) is 7.28. The molecule has 0 saturated heterocycles. The summed E-state index contributed by atoms with van der Waals surface area (Å²) >= 11 is 11.4. The fraction of sp³-hybridized carbons (Fsp3) is 0.238. The lowest BCUT2D eigenvalue weighted by Gasteiger charge is -2.29. The van der Waals surface area contributed by atoms with Crippen LogP contribution in [0.1, 0.15) is 41.9 Å². The molecule has 1 atom stereocenters. The van der Waals surface area contributed by atoms with Crippen LogP contribution in [0.2, 0.25) is 10.0 Å². The molecule has 32 heavy (non-hydrogen) atoms. The van der Waals surface area contributed by atoms with Crippen molar-refractivity contribution in [1.82, 2.24) is 4.40 Å². The molecule has 1 N–H and O–H groups in total. The van der Waals surface area contributed by atoms with Crippen LogP contribution in [0, 0.1) is 5.82 Å².